The maximum absolute atomic E-state index is 14.1. The van der Waals surface area contributed by atoms with Gasteiger partial charge in [0.15, 0.2) is 0 Å². The second-order valence-electron chi connectivity index (χ2n) is 11.7. The number of likely N-dealkylation sites (N-methyl/N-ethyl adjacent to an activating group) is 1. The van der Waals surface area contributed by atoms with Gasteiger partial charge in [0, 0.05) is 32.6 Å². The minimum Gasteiger partial charge on any atom is -0.497 e. The molecule has 0 saturated carbocycles. The van der Waals surface area contributed by atoms with E-state index in [1.807, 2.05) is 105 Å². The molecule has 0 aliphatic rings. The molecule has 1 aromatic heterocycles. The predicted octanol–water partition coefficient (Wildman–Crippen LogP) is 6.57. The summed E-state index contributed by atoms with van der Waals surface area (Å²) in [6.07, 6.45) is -0.761. The Bertz CT molecular complexity index is 1930. The van der Waals surface area contributed by atoms with Crippen LogP contribution in [0, 0.1) is 13.8 Å². The number of hydrogen-bond donors (Lipinski definition) is 2. The van der Waals surface area contributed by atoms with Crippen LogP contribution in [0.4, 0.5) is 10.8 Å². The SMILES string of the molecule is CCN(Cc1ccccc1)C(=O)C(Cc1ccc(OC)cc1)Nc1nc2c(C)cc(CN(Cc3ccccc3)C(=O)O)c(C)c2c(=O)o1. The Balaban J connectivity index is 1.46. The van der Waals surface area contributed by atoms with Crippen molar-refractivity contribution in [3.05, 3.63) is 135 Å². The molecule has 10 heteroatoms. The minimum absolute atomic E-state index is 0.0679. The molecule has 2 N–H and O–H groups in total. The van der Waals surface area contributed by atoms with E-state index in [-0.39, 0.29) is 30.4 Å². The number of amides is 2. The number of benzene rings is 4. The first kappa shape index (κ1) is 33.7. The summed E-state index contributed by atoms with van der Waals surface area (Å²) in [6, 6.07) is 27.6. The quantitative estimate of drug-likeness (QED) is 0.147. The number of rotatable bonds is 13. The normalized spacial score (nSPS) is 11.6. The highest BCUT2D eigenvalue weighted by Gasteiger charge is 2.27. The first-order valence-corrected chi connectivity index (χ1v) is 15.8. The lowest BCUT2D eigenvalue weighted by atomic mass is 9.99. The number of ether oxygens (including phenoxy) is 1. The smallest absolute Gasteiger partial charge is 0.407 e. The Morgan fingerprint density at radius 2 is 1.48 bits per heavy atom. The Kier molecular flexibility index (Phi) is 10.7. The summed E-state index contributed by atoms with van der Waals surface area (Å²) in [7, 11) is 1.60. The van der Waals surface area contributed by atoms with Gasteiger partial charge in [0.25, 0.3) is 6.01 Å². The molecular formula is C38H40N4O6. The van der Waals surface area contributed by atoms with E-state index in [2.05, 4.69) is 10.3 Å². The van der Waals surface area contributed by atoms with E-state index in [0.717, 1.165) is 16.7 Å². The molecule has 4 aromatic carbocycles. The molecule has 0 bridgehead atoms. The van der Waals surface area contributed by atoms with Crippen LogP contribution in [0.3, 0.4) is 0 Å². The Labute approximate surface area is 279 Å². The molecule has 0 fully saturated rings. The molecule has 1 heterocycles. The second-order valence-corrected chi connectivity index (χ2v) is 11.7. The number of aryl methyl sites for hydroxylation is 2. The molecule has 0 saturated heterocycles. The van der Waals surface area contributed by atoms with Gasteiger partial charge in [-0.05, 0) is 66.3 Å². The molecular weight excluding hydrogens is 608 g/mol. The van der Waals surface area contributed by atoms with Gasteiger partial charge in [-0.1, -0.05) is 78.9 Å². The summed E-state index contributed by atoms with van der Waals surface area (Å²) in [5.74, 6) is 0.532. The fourth-order valence-corrected chi connectivity index (χ4v) is 5.77. The largest absolute Gasteiger partial charge is 0.497 e. The highest BCUT2D eigenvalue weighted by atomic mass is 16.5. The molecule has 2 amide bonds. The average Bonchev–Trinajstić information content (AvgIpc) is 3.09. The van der Waals surface area contributed by atoms with E-state index >= 15 is 0 Å². The van der Waals surface area contributed by atoms with Crippen LogP contribution in [0.1, 0.15) is 40.3 Å². The zero-order valence-corrected chi connectivity index (χ0v) is 27.6. The molecule has 0 spiro atoms. The molecule has 1 atom stereocenters. The lowest BCUT2D eigenvalue weighted by Crippen LogP contribution is -2.44. The maximum Gasteiger partial charge on any atom is 0.407 e. The van der Waals surface area contributed by atoms with Crippen molar-refractivity contribution >= 4 is 28.9 Å². The summed E-state index contributed by atoms with van der Waals surface area (Å²) in [6.45, 7) is 6.69. The third-order valence-electron chi connectivity index (χ3n) is 8.42. The van der Waals surface area contributed by atoms with Gasteiger partial charge in [0.05, 0.1) is 18.0 Å². The average molecular weight is 649 g/mol. The molecule has 0 aliphatic carbocycles. The van der Waals surface area contributed by atoms with Crippen LogP contribution < -0.4 is 15.7 Å². The second kappa shape index (κ2) is 15.3. The molecule has 48 heavy (non-hydrogen) atoms. The number of methoxy groups -OCH3 is 1. The number of fused-ring (bicyclic) bond motifs is 1. The fourth-order valence-electron chi connectivity index (χ4n) is 5.77. The number of nitrogens with zero attached hydrogens (tertiary/aromatic N) is 3. The van der Waals surface area contributed by atoms with E-state index in [1.165, 1.54) is 4.90 Å². The van der Waals surface area contributed by atoms with Crippen molar-refractivity contribution in [2.45, 2.75) is 52.9 Å². The van der Waals surface area contributed by atoms with E-state index in [0.29, 0.717) is 47.5 Å². The predicted molar refractivity (Wildman–Crippen MR) is 185 cm³/mol. The zero-order valence-electron chi connectivity index (χ0n) is 27.6. The van der Waals surface area contributed by atoms with Gasteiger partial charge in [-0.2, -0.15) is 4.98 Å². The molecule has 0 radical (unpaired) electrons. The first-order chi connectivity index (χ1) is 23.2. The van der Waals surface area contributed by atoms with Gasteiger partial charge in [0.2, 0.25) is 5.91 Å². The number of carboxylic acid groups (broad SMARTS) is 1. The van der Waals surface area contributed by atoms with Crippen molar-refractivity contribution in [1.82, 2.24) is 14.8 Å². The molecule has 1 unspecified atom stereocenters. The monoisotopic (exact) mass is 648 g/mol. The van der Waals surface area contributed by atoms with Gasteiger partial charge >= 0.3 is 11.7 Å². The van der Waals surface area contributed by atoms with Crippen molar-refractivity contribution in [2.24, 2.45) is 0 Å². The van der Waals surface area contributed by atoms with Crippen LogP contribution >= 0.6 is 0 Å². The number of hydrogen-bond acceptors (Lipinski definition) is 7. The van der Waals surface area contributed by atoms with E-state index in [1.54, 1.807) is 18.9 Å². The standard InChI is InChI=1S/C38H40N4O6/c1-5-41(22-28-12-8-6-9-13-28)35(43)32(21-27-16-18-31(47-4)19-17-27)39-37-40-34-25(2)20-30(26(3)33(34)36(44)48-37)24-42(38(45)46)23-29-14-10-7-11-15-29/h6-20,32H,5,21-24H2,1-4H3,(H,39,40)(H,45,46). The number of carbonyl (C=O) groups is 2. The number of nitrogens with one attached hydrogen (secondary N) is 1. The van der Waals surface area contributed by atoms with Gasteiger partial charge in [-0.25, -0.2) is 9.59 Å². The van der Waals surface area contributed by atoms with Crippen molar-refractivity contribution in [1.29, 1.82) is 0 Å². The fraction of sp³-hybridized carbons (Fsp3) is 0.263. The van der Waals surface area contributed by atoms with Crippen molar-refractivity contribution in [3.63, 3.8) is 0 Å². The van der Waals surface area contributed by atoms with Crippen molar-refractivity contribution < 1.29 is 23.8 Å². The summed E-state index contributed by atoms with van der Waals surface area (Å²) >= 11 is 0. The molecule has 10 nitrogen and oxygen atoms in total. The van der Waals surface area contributed by atoms with Crippen molar-refractivity contribution in [3.8, 4) is 5.75 Å². The lowest BCUT2D eigenvalue weighted by molar-refractivity contribution is -0.132. The Hall–Kier alpha value is -5.64. The number of anilines is 1. The molecule has 5 aromatic rings. The third kappa shape index (κ3) is 8.01. The third-order valence-corrected chi connectivity index (χ3v) is 8.42. The highest BCUT2D eigenvalue weighted by molar-refractivity contribution is 5.87. The van der Waals surface area contributed by atoms with Crippen LogP contribution in [0.25, 0.3) is 10.9 Å². The lowest BCUT2D eigenvalue weighted by Gasteiger charge is -2.27. The van der Waals surface area contributed by atoms with E-state index in [4.69, 9.17) is 9.15 Å². The van der Waals surface area contributed by atoms with E-state index < -0.39 is 17.8 Å². The van der Waals surface area contributed by atoms with Crippen LogP contribution in [-0.2, 0) is 30.8 Å². The molecule has 248 valence electrons. The van der Waals surface area contributed by atoms with Crippen molar-refractivity contribution in [2.75, 3.05) is 19.0 Å². The van der Waals surface area contributed by atoms with Gasteiger partial charge < -0.3 is 24.5 Å². The molecule has 0 aliphatic heterocycles. The summed E-state index contributed by atoms with van der Waals surface area (Å²) in [4.78, 5) is 47.5. The minimum atomic E-state index is -1.07. The Morgan fingerprint density at radius 1 is 0.875 bits per heavy atom. The van der Waals surface area contributed by atoms with E-state index in [9.17, 15) is 19.5 Å². The zero-order chi connectivity index (χ0) is 34.2. The summed E-state index contributed by atoms with van der Waals surface area (Å²) in [5, 5.41) is 13.4. The van der Waals surface area contributed by atoms with Gasteiger partial charge in [0.1, 0.15) is 11.8 Å². The maximum atomic E-state index is 14.1. The van der Waals surface area contributed by atoms with Gasteiger partial charge in [-0.15, -0.1) is 0 Å². The summed E-state index contributed by atoms with van der Waals surface area (Å²) < 4.78 is 11.0. The number of aromatic nitrogens is 1. The van der Waals surface area contributed by atoms with Crippen LogP contribution in [0.15, 0.2) is 100 Å². The van der Waals surface area contributed by atoms with Crippen LogP contribution in [0.2, 0.25) is 0 Å². The molecule has 5 rings (SSSR count). The van der Waals surface area contributed by atoms with Crippen LogP contribution in [-0.4, -0.2) is 51.6 Å². The highest BCUT2D eigenvalue weighted by Crippen LogP contribution is 2.26. The Morgan fingerprint density at radius 3 is 2.04 bits per heavy atom. The topological polar surface area (TPSA) is 125 Å². The summed E-state index contributed by atoms with van der Waals surface area (Å²) in [5.41, 5.74) is 4.50. The van der Waals surface area contributed by atoms with Gasteiger partial charge in [-0.3, -0.25) is 9.69 Å². The van der Waals surface area contributed by atoms with Crippen LogP contribution in [0.5, 0.6) is 5.75 Å². The first-order valence-electron chi connectivity index (χ1n) is 15.8. The number of carbonyl (C=O) groups excluding carboxylic acids is 1.